The van der Waals surface area contributed by atoms with Crippen molar-refractivity contribution < 1.29 is 13.2 Å². The number of aromatic amines is 1. The molecule has 0 aliphatic rings. The zero-order chi connectivity index (χ0) is 21.7. The summed E-state index contributed by atoms with van der Waals surface area (Å²) in [5.74, 6) is -0.107. The minimum absolute atomic E-state index is 0.107. The van der Waals surface area contributed by atoms with Crippen LogP contribution in [0.2, 0.25) is 0 Å². The molecule has 0 fully saturated rings. The van der Waals surface area contributed by atoms with Gasteiger partial charge in [0.2, 0.25) is 5.91 Å². The van der Waals surface area contributed by atoms with Crippen LogP contribution in [0.1, 0.15) is 11.1 Å². The molecule has 0 radical (unpaired) electrons. The van der Waals surface area contributed by atoms with E-state index in [-0.39, 0.29) is 16.5 Å². The lowest BCUT2D eigenvalue weighted by Crippen LogP contribution is -2.24. The highest BCUT2D eigenvalue weighted by Gasteiger charge is 2.15. The minimum atomic E-state index is -3.58. The van der Waals surface area contributed by atoms with Crippen molar-refractivity contribution in [1.82, 2.24) is 15.5 Å². The van der Waals surface area contributed by atoms with E-state index in [1.165, 1.54) is 0 Å². The molecule has 1 amide bonds. The second-order valence-electron chi connectivity index (χ2n) is 6.86. The second kappa shape index (κ2) is 9.15. The number of aromatic nitrogens is 2. The van der Waals surface area contributed by atoms with E-state index in [4.69, 9.17) is 0 Å². The quantitative estimate of drug-likeness (QED) is 0.378. The Labute approximate surface area is 184 Å². The lowest BCUT2D eigenvalue weighted by atomic mass is 10.1. The number of rotatable bonds is 8. The lowest BCUT2D eigenvalue weighted by Gasteiger charge is -2.08. The number of nitrogens with zero attached hydrogens (tertiary/aromatic N) is 1. The van der Waals surface area contributed by atoms with E-state index in [2.05, 4.69) is 20.2 Å². The van der Waals surface area contributed by atoms with Crippen molar-refractivity contribution in [3.8, 4) is 11.3 Å². The molecule has 9 heteroatoms. The first-order valence-electron chi connectivity index (χ1n) is 9.50. The molecule has 2 aromatic carbocycles. The first kappa shape index (κ1) is 20.8. The van der Waals surface area contributed by atoms with Crippen LogP contribution in [0.15, 0.2) is 82.5 Å². The Bertz CT molecular complexity index is 1230. The van der Waals surface area contributed by atoms with Crippen LogP contribution in [0, 0.1) is 0 Å². The van der Waals surface area contributed by atoms with Gasteiger partial charge in [0.1, 0.15) is 4.21 Å². The molecule has 0 saturated carbocycles. The molecule has 4 aromatic rings. The first-order chi connectivity index (χ1) is 15.0. The van der Waals surface area contributed by atoms with E-state index in [0.717, 1.165) is 33.7 Å². The predicted octanol–water partition coefficient (Wildman–Crippen LogP) is 3.80. The fourth-order valence-corrected chi connectivity index (χ4v) is 5.03. The summed E-state index contributed by atoms with van der Waals surface area (Å²) in [5, 5.41) is 11.5. The maximum atomic E-state index is 12.3. The van der Waals surface area contributed by atoms with Gasteiger partial charge in [-0.05, 0) is 46.3 Å². The van der Waals surface area contributed by atoms with Gasteiger partial charge in [0.05, 0.1) is 12.1 Å². The molecule has 0 unspecified atom stereocenters. The van der Waals surface area contributed by atoms with Gasteiger partial charge in [0.15, 0.2) is 0 Å². The fraction of sp³-hybridized carbons (Fsp3) is 0.0909. The van der Waals surface area contributed by atoms with Gasteiger partial charge >= 0.3 is 0 Å². The average Bonchev–Trinajstić information content (AvgIpc) is 3.48. The van der Waals surface area contributed by atoms with Gasteiger partial charge in [0.25, 0.3) is 10.0 Å². The Balaban J connectivity index is 1.29. The third-order valence-electron chi connectivity index (χ3n) is 4.59. The number of hydrogen-bond donors (Lipinski definition) is 3. The lowest BCUT2D eigenvalue weighted by molar-refractivity contribution is -0.120. The smallest absolute Gasteiger partial charge is 0.271 e. The Kier molecular flexibility index (Phi) is 6.15. The number of hydrogen-bond acceptors (Lipinski definition) is 5. The number of anilines is 1. The topological polar surface area (TPSA) is 104 Å². The maximum Gasteiger partial charge on any atom is 0.271 e. The molecule has 0 aliphatic carbocycles. The van der Waals surface area contributed by atoms with Crippen LogP contribution < -0.4 is 10.0 Å². The van der Waals surface area contributed by atoms with E-state index < -0.39 is 10.0 Å². The molecule has 0 spiro atoms. The van der Waals surface area contributed by atoms with Crippen LogP contribution in [0.3, 0.4) is 0 Å². The number of sulfonamides is 1. The zero-order valence-corrected chi connectivity index (χ0v) is 18.0. The predicted molar refractivity (Wildman–Crippen MR) is 121 cm³/mol. The van der Waals surface area contributed by atoms with Crippen LogP contribution in [0.5, 0.6) is 0 Å². The summed E-state index contributed by atoms with van der Waals surface area (Å²) in [6, 6.07) is 19.8. The molecule has 0 bridgehead atoms. The Morgan fingerprint density at radius 1 is 0.968 bits per heavy atom. The number of thiophene rings is 1. The summed E-state index contributed by atoms with van der Waals surface area (Å²) in [7, 11) is -3.58. The van der Waals surface area contributed by atoms with Crippen molar-refractivity contribution in [2.24, 2.45) is 0 Å². The van der Waals surface area contributed by atoms with Gasteiger partial charge < -0.3 is 5.32 Å². The molecule has 0 saturated heterocycles. The average molecular weight is 453 g/mol. The van der Waals surface area contributed by atoms with E-state index in [9.17, 15) is 13.2 Å². The zero-order valence-electron chi connectivity index (χ0n) is 16.4. The number of carbonyl (C=O) groups is 1. The monoisotopic (exact) mass is 452 g/mol. The number of benzene rings is 2. The molecule has 2 aromatic heterocycles. The Morgan fingerprint density at radius 2 is 1.71 bits per heavy atom. The summed E-state index contributed by atoms with van der Waals surface area (Å²) in [6.07, 6.45) is 1.92. The van der Waals surface area contributed by atoms with Crippen LogP contribution in [-0.2, 0) is 27.8 Å². The van der Waals surface area contributed by atoms with Crippen molar-refractivity contribution >= 4 is 33.0 Å². The summed E-state index contributed by atoms with van der Waals surface area (Å²) in [4.78, 5) is 12.3. The third-order valence-corrected chi connectivity index (χ3v) is 7.36. The maximum absolute atomic E-state index is 12.3. The van der Waals surface area contributed by atoms with Gasteiger partial charge in [-0.1, -0.05) is 42.5 Å². The molecular formula is C22H20N4O3S2. The molecule has 7 nitrogen and oxygen atoms in total. The third kappa shape index (κ3) is 5.39. The van der Waals surface area contributed by atoms with Crippen molar-refractivity contribution in [3.05, 3.63) is 89.4 Å². The highest BCUT2D eigenvalue weighted by Crippen LogP contribution is 2.20. The highest BCUT2D eigenvalue weighted by molar-refractivity contribution is 7.94. The highest BCUT2D eigenvalue weighted by atomic mass is 32.2. The SMILES string of the molecule is O=C(Cc1ccc(NS(=O)(=O)c2cccs2)cc1)NCc1ccc(-c2ccn[nH]2)cc1. The van der Waals surface area contributed by atoms with E-state index >= 15 is 0 Å². The molecule has 0 aliphatic heterocycles. The van der Waals surface area contributed by atoms with Crippen molar-refractivity contribution in [2.75, 3.05) is 4.72 Å². The van der Waals surface area contributed by atoms with Crippen LogP contribution in [-0.4, -0.2) is 24.5 Å². The number of nitrogens with one attached hydrogen (secondary N) is 3. The van der Waals surface area contributed by atoms with E-state index in [1.807, 2.05) is 30.3 Å². The van der Waals surface area contributed by atoms with Crippen molar-refractivity contribution in [1.29, 1.82) is 0 Å². The Hall–Kier alpha value is -3.43. The summed E-state index contributed by atoms with van der Waals surface area (Å²) >= 11 is 1.16. The van der Waals surface area contributed by atoms with E-state index in [0.29, 0.717) is 12.2 Å². The van der Waals surface area contributed by atoms with Gasteiger partial charge in [0, 0.05) is 18.4 Å². The van der Waals surface area contributed by atoms with Gasteiger partial charge in [-0.25, -0.2) is 8.42 Å². The largest absolute Gasteiger partial charge is 0.352 e. The van der Waals surface area contributed by atoms with Crippen LogP contribution >= 0.6 is 11.3 Å². The molecule has 2 heterocycles. The van der Waals surface area contributed by atoms with Crippen LogP contribution in [0.25, 0.3) is 11.3 Å². The Morgan fingerprint density at radius 3 is 2.35 bits per heavy atom. The number of carbonyl (C=O) groups excluding carboxylic acids is 1. The molecule has 158 valence electrons. The van der Waals surface area contributed by atoms with Gasteiger partial charge in [-0.3, -0.25) is 14.6 Å². The van der Waals surface area contributed by atoms with Crippen molar-refractivity contribution in [3.63, 3.8) is 0 Å². The van der Waals surface area contributed by atoms with Crippen molar-refractivity contribution in [2.45, 2.75) is 17.2 Å². The molecule has 31 heavy (non-hydrogen) atoms. The number of H-pyrrole nitrogens is 1. The van der Waals surface area contributed by atoms with Crippen LogP contribution in [0.4, 0.5) is 5.69 Å². The second-order valence-corrected chi connectivity index (χ2v) is 9.71. The summed E-state index contributed by atoms with van der Waals surface area (Å²) in [5.41, 5.74) is 4.22. The first-order valence-corrected chi connectivity index (χ1v) is 11.9. The fourth-order valence-electron chi connectivity index (χ4n) is 2.98. The van der Waals surface area contributed by atoms with Gasteiger partial charge in [-0.15, -0.1) is 11.3 Å². The standard InChI is InChI=1S/C22H20N4O3S2/c27-21(23-15-17-3-7-18(8-4-17)20-11-12-24-25-20)14-16-5-9-19(10-6-16)26-31(28,29)22-2-1-13-30-22/h1-13,26H,14-15H2,(H,23,27)(H,24,25). The summed E-state index contributed by atoms with van der Waals surface area (Å²) in [6.45, 7) is 0.431. The molecule has 0 atom stereocenters. The van der Waals surface area contributed by atoms with E-state index in [1.54, 1.807) is 48.0 Å². The molecule has 3 N–H and O–H groups in total. The normalized spacial score (nSPS) is 11.2. The summed E-state index contributed by atoms with van der Waals surface area (Å²) < 4.78 is 27.3. The number of amides is 1. The minimum Gasteiger partial charge on any atom is -0.352 e. The molecule has 4 rings (SSSR count). The molecular weight excluding hydrogens is 432 g/mol. The van der Waals surface area contributed by atoms with Gasteiger partial charge in [-0.2, -0.15) is 5.10 Å².